The van der Waals surface area contributed by atoms with E-state index >= 15 is 0 Å². The molecule has 0 saturated carbocycles. The molecule has 0 fully saturated rings. The molecule has 2 N–H and O–H groups in total. The first-order valence-corrected chi connectivity index (χ1v) is 5.78. The van der Waals surface area contributed by atoms with Gasteiger partial charge < -0.3 is 10.5 Å². The number of aromatic nitrogens is 3. The Balaban J connectivity index is 2.18. The highest BCUT2D eigenvalue weighted by molar-refractivity contribution is 5.85. The molecule has 3 aromatic rings. The number of nitrogens with two attached hydrogens (primary N) is 1. The third kappa shape index (κ3) is 2.06. The number of methoxy groups -OCH3 is 1. The molecule has 2 heterocycles. The molecule has 94 valence electrons. The standard InChI is InChI=1S/C14H12N4O/c1-19-13-8-16-5-4-11(13)9-2-3-12-10(6-9)7-17-14(15)18-12/h2-8H,1H3,(H2,15,17,18). The summed E-state index contributed by atoms with van der Waals surface area (Å²) in [5, 5.41) is 0.936. The van der Waals surface area contributed by atoms with Crippen molar-refractivity contribution in [3.8, 4) is 16.9 Å². The van der Waals surface area contributed by atoms with E-state index < -0.39 is 0 Å². The Kier molecular flexibility index (Phi) is 2.72. The van der Waals surface area contributed by atoms with E-state index in [9.17, 15) is 0 Å². The number of rotatable bonds is 2. The first-order chi connectivity index (χ1) is 9.28. The van der Waals surface area contributed by atoms with Crippen LogP contribution in [0.5, 0.6) is 5.75 Å². The number of benzene rings is 1. The fourth-order valence-electron chi connectivity index (χ4n) is 2.00. The number of ether oxygens (including phenoxy) is 1. The van der Waals surface area contributed by atoms with Crippen molar-refractivity contribution in [2.75, 3.05) is 12.8 Å². The molecule has 0 spiro atoms. The summed E-state index contributed by atoms with van der Waals surface area (Å²) in [6.45, 7) is 0. The fourth-order valence-corrected chi connectivity index (χ4v) is 2.00. The van der Waals surface area contributed by atoms with Gasteiger partial charge in [0, 0.05) is 23.3 Å². The maximum atomic E-state index is 5.57. The highest BCUT2D eigenvalue weighted by Crippen LogP contribution is 2.30. The van der Waals surface area contributed by atoms with Crippen LogP contribution in [0.4, 0.5) is 5.95 Å². The molecule has 0 aliphatic heterocycles. The average molecular weight is 252 g/mol. The van der Waals surface area contributed by atoms with Crippen LogP contribution in [0, 0.1) is 0 Å². The zero-order valence-corrected chi connectivity index (χ0v) is 10.4. The second kappa shape index (κ2) is 4.53. The van der Waals surface area contributed by atoms with Crippen molar-refractivity contribution >= 4 is 16.9 Å². The first kappa shape index (κ1) is 11.4. The van der Waals surface area contributed by atoms with Crippen LogP contribution in [0.25, 0.3) is 22.0 Å². The summed E-state index contributed by atoms with van der Waals surface area (Å²) < 4.78 is 5.32. The molecule has 3 rings (SSSR count). The van der Waals surface area contributed by atoms with Crippen LogP contribution in [-0.4, -0.2) is 22.1 Å². The molecule has 0 amide bonds. The summed E-state index contributed by atoms with van der Waals surface area (Å²) in [6.07, 6.45) is 5.15. The van der Waals surface area contributed by atoms with E-state index in [0.717, 1.165) is 27.8 Å². The van der Waals surface area contributed by atoms with Crippen LogP contribution >= 0.6 is 0 Å². The largest absolute Gasteiger partial charge is 0.494 e. The maximum Gasteiger partial charge on any atom is 0.220 e. The molecule has 2 aromatic heterocycles. The summed E-state index contributed by atoms with van der Waals surface area (Å²) in [6, 6.07) is 7.82. The molecule has 1 aromatic carbocycles. The van der Waals surface area contributed by atoms with E-state index in [1.165, 1.54) is 0 Å². The molecule has 0 bridgehead atoms. The minimum atomic E-state index is 0.279. The molecule has 0 aliphatic carbocycles. The van der Waals surface area contributed by atoms with Gasteiger partial charge in [0.25, 0.3) is 0 Å². The fraction of sp³-hybridized carbons (Fsp3) is 0.0714. The average Bonchev–Trinajstić information content (AvgIpc) is 2.46. The molecule has 0 radical (unpaired) electrons. The van der Waals surface area contributed by atoms with Crippen LogP contribution in [0.1, 0.15) is 0 Å². The van der Waals surface area contributed by atoms with Gasteiger partial charge in [-0.2, -0.15) is 0 Å². The topological polar surface area (TPSA) is 73.9 Å². The maximum absolute atomic E-state index is 5.57. The zero-order chi connectivity index (χ0) is 13.2. The van der Waals surface area contributed by atoms with Crippen molar-refractivity contribution in [3.63, 3.8) is 0 Å². The van der Waals surface area contributed by atoms with Crippen molar-refractivity contribution in [1.29, 1.82) is 0 Å². The van der Waals surface area contributed by atoms with Crippen LogP contribution in [0.3, 0.4) is 0 Å². The molecule has 0 saturated heterocycles. The Labute approximate surface area is 110 Å². The number of nitrogen functional groups attached to an aromatic ring is 1. The van der Waals surface area contributed by atoms with Crippen LogP contribution in [0.2, 0.25) is 0 Å². The second-order valence-electron chi connectivity index (χ2n) is 4.08. The van der Waals surface area contributed by atoms with Gasteiger partial charge in [-0.25, -0.2) is 9.97 Å². The number of hydrogen-bond acceptors (Lipinski definition) is 5. The highest BCUT2D eigenvalue weighted by atomic mass is 16.5. The Morgan fingerprint density at radius 2 is 2.05 bits per heavy atom. The van der Waals surface area contributed by atoms with Gasteiger partial charge in [-0.3, -0.25) is 4.98 Å². The lowest BCUT2D eigenvalue weighted by Gasteiger charge is -2.08. The van der Waals surface area contributed by atoms with Crippen molar-refractivity contribution in [2.24, 2.45) is 0 Å². The van der Waals surface area contributed by atoms with Gasteiger partial charge in [-0.1, -0.05) is 6.07 Å². The van der Waals surface area contributed by atoms with Gasteiger partial charge in [-0.05, 0) is 23.8 Å². The predicted molar refractivity (Wildman–Crippen MR) is 73.7 cm³/mol. The molecule has 0 atom stereocenters. The quantitative estimate of drug-likeness (QED) is 0.757. The monoisotopic (exact) mass is 252 g/mol. The number of hydrogen-bond donors (Lipinski definition) is 1. The first-order valence-electron chi connectivity index (χ1n) is 5.78. The third-order valence-corrected chi connectivity index (χ3v) is 2.91. The lowest BCUT2D eigenvalue weighted by Crippen LogP contribution is -1.94. The van der Waals surface area contributed by atoms with Gasteiger partial charge in [0.1, 0.15) is 5.75 Å². The third-order valence-electron chi connectivity index (χ3n) is 2.91. The van der Waals surface area contributed by atoms with E-state index in [1.54, 1.807) is 25.7 Å². The summed E-state index contributed by atoms with van der Waals surface area (Å²) in [7, 11) is 1.63. The Morgan fingerprint density at radius 1 is 1.16 bits per heavy atom. The minimum Gasteiger partial charge on any atom is -0.494 e. The lowest BCUT2D eigenvalue weighted by atomic mass is 10.0. The van der Waals surface area contributed by atoms with Gasteiger partial charge >= 0.3 is 0 Å². The summed E-state index contributed by atoms with van der Waals surface area (Å²) >= 11 is 0. The zero-order valence-electron chi connectivity index (χ0n) is 10.4. The smallest absolute Gasteiger partial charge is 0.220 e. The van der Waals surface area contributed by atoms with Crippen LogP contribution in [-0.2, 0) is 0 Å². The highest BCUT2D eigenvalue weighted by Gasteiger charge is 2.06. The van der Waals surface area contributed by atoms with Gasteiger partial charge in [0.15, 0.2) is 0 Å². The van der Waals surface area contributed by atoms with E-state index in [0.29, 0.717) is 0 Å². The Bertz CT molecular complexity index is 742. The predicted octanol–water partition coefficient (Wildman–Crippen LogP) is 2.28. The normalized spacial score (nSPS) is 10.6. The molecule has 0 aliphatic rings. The molecular weight excluding hydrogens is 240 g/mol. The molecule has 0 unspecified atom stereocenters. The summed E-state index contributed by atoms with van der Waals surface area (Å²) in [5.74, 6) is 1.01. The second-order valence-corrected chi connectivity index (χ2v) is 4.08. The van der Waals surface area contributed by atoms with Crippen molar-refractivity contribution in [1.82, 2.24) is 15.0 Å². The van der Waals surface area contributed by atoms with E-state index in [4.69, 9.17) is 10.5 Å². The summed E-state index contributed by atoms with van der Waals surface area (Å²) in [4.78, 5) is 12.2. The Morgan fingerprint density at radius 3 is 2.89 bits per heavy atom. The van der Waals surface area contributed by atoms with Crippen molar-refractivity contribution in [2.45, 2.75) is 0 Å². The van der Waals surface area contributed by atoms with E-state index in [2.05, 4.69) is 15.0 Å². The summed E-state index contributed by atoms with van der Waals surface area (Å²) in [5.41, 5.74) is 8.40. The molecule has 5 heteroatoms. The Hall–Kier alpha value is -2.69. The SMILES string of the molecule is COc1cnccc1-c1ccc2nc(N)ncc2c1. The van der Waals surface area contributed by atoms with E-state index in [1.807, 2.05) is 24.3 Å². The number of pyridine rings is 1. The van der Waals surface area contributed by atoms with Crippen molar-refractivity contribution < 1.29 is 4.74 Å². The van der Waals surface area contributed by atoms with Gasteiger partial charge in [0.2, 0.25) is 5.95 Å². The molecule has 19 heavy (non-hydrogen) atoms. The minimum absolute atomic E-state index is 0.279. The van der Waals surface area contributed by atoms with Crippen LogP contribution < -0.4 is 10.5 Å². The lowest BCUT2D eigenvalue weighted by molar-refractivity contribution is 0.414. The van der Waals surface area contributed by atoms with Gasteiger partial charge in [-0.15, -0.1) is 0 Å². The van der Waals surface area contributed by atoms with Crippen molar-refractivity contribution in [3.05, 3.63) is 42.9 Å². The number of fused-ring (bicyclic) bond motifs is 1. The molecule has 5 nitrogen and oxygen atoms in total. The van der Waals surface area contributed by atoms with Crippen LogP contribution in [0.15, 0.2) is 42.9 Å². The molecular formula is C14H12N4O. The van der Waals surface area contributed by atoms with E-state index in [-0.39, 0.29) is 5.95 Å². The number of anilines is 1. The van der Waals surface area contributed by atoms with Gasteiger partial charge in [0.05, 0.1) is 18.8 Å². The number of nitrogens with zero attached hydrogens (tertiary/aromatic N) is 3.